The average Bonchev–Trinajstić information content (AvgIpc) is 2.42. The molecule has 1 aliphatic carbocycles. The van der Waals surface area contributed by atoms with Gasteiger partial charge in [-0.3, -0.25) is 4.90 Å². The molecule has 3 heteroatoms. The van der Waals surface area contributed by atoms with Crippen molar-refractivity contribution in [3.05, 3.63) is 34.9 Å². The van der Waals surface area contributed by atoms with Crippen LogP contribution in [-0.4, -0.2) is 30.1 Å². The third-order valence-electron chi connectivity index (χ3n) is 4.58. The van der Waals surface area contributed by atoms with Crippen molar-refractivity contribution >= 4 is 11.6 Å². The molecule has 0 aromatic heterocycles. The molecule has 1 aromatic carbocycles. The summed E-state index contributed by atoms with van der Waals surface area (Å²) in [4.78, 5) is 2.60. The van der Waals surface area contributed by atoms with Crippen molar-refractivity contribution in [1.82, 2.24) is 10.2 Å². The highest BCUT2D eigenvalue weighted by atomic mass is 35.5. The molecule has 1 saturated carbocycles. The van der Waals surface area contributed by atoms with E-state index in [9.17, 15) is 0 Å². The molecule has 1 spiro atoms. The Balaban J connectivity index is 1.63. The Morgan fingerprint density at radius 1 is 1.11 bits per heavy atom. The highest BCUT2D eigenvalue weighted by Crippen LogP contribution is 2.31. The first-order valence-corrected chi connectivity index (χ1v) is 7.85. The molecule has 2 nitrogen and oxygen atoms in total. The van der Waals surface area contributed by atoms with Gasteiger partial charge in [-0.25, -0.2) is 0 Å². The lowest BCUT2D eigenvalue weighted by molar-refractivity contribution is 0.0945. The Hall–Kier alpha value is -0.570. The first kappa shape index (κ1) is 13.4. The van der Waals surface area contributed by atoms with Gasteiger partial charge in [-0.1, -0.05) is 43.0 Å². The predicted molar refractivity (Wildman–Crippen MR) is 80.5 cm³/mol. The number of halogens is 1. The highest BCUT2D eigenvalue weighted by Gasteiger charge is 2.35. The van der Waals surface area contributed by atoms with Gasteiger partial charge < -0.3 is 5.32 Å². The van der Waals surface area contributed by atoms with Crippen LogP contribution in [0, 0.1) is 0 Å². The lowest BCUT2D eigenvalue weighted by Gasteiger charge is -2.46. The summed E-state index contributed by atoms with van der Waals surface area (Å²) in [5.41, 5.74) is 1.78. The van der Waals surface area contributed by atoms with E-state index in [1.807, 2.05) is 12.1 Å². The second-order valence-corrected chi connectivity index (χ2v) is 6.54. The molecule has 3 rings (SSSR count). The largest absolute Gasteiger partial charge is 0.309 e. The maximum absolute atomic E-state index is 5.95. The van der Waals surface area contributed by atoms with Crippen LogP contribution in [0.2, 0.25) is 5.02 Å². The molecule has 104 valence electrons. The van der Waals surface area contributed by atoms with Crippen molar-refractivity contribution in [2.24, 2.45) is 0 Å². The number of hydrogen-bond donors (Lipinski definition) is 1. The lowest BCUT2D eigenvalue weighted by Crippen LogP contribution is -2.60. The smallest absolute Gasteiger partial charge is 0.0406 e. The highest BCUT2D eigenvalue weighted by molar-refractivity contribution is 6.30. The molecular weight excluding hydrogens is 256 g/mol. The van der Waals surface area contributed by atoms with Crippen LogP contribution in [0.15, 0.2) is 24.3 Å². The Morgan fingerprint density at radius 2 is 1.84 bits per heavy atom. The van der Waals surface area contributed by atoms with Crippen LogP contribution in [0.25, 0.3) is 0 Å². The lowest BCUT2D eigenvalue weighted by atomic mass is 9.80. The van der Waals surface area contributed by atoms with E-state index in [-0.39, 0.29) is 0 Å². The Bertz CT molecular complexity index is 404. The molecule has 0 bridgehead atoms. The molecule has 1 N–H and O–H groups in total. The number of hydrogen-bond acceptors (Lipinski definition) is 2. The van der Waals surface area contributed by atoms with Gasteiger partial charge >= 0.3 is 0 Å². The van der Waals surface area contributed by atoms with Gasteiger partial charge in [0.2, 0.25) is 0 Å². The second kappa shape index (κ2) is 5.82. The van der Waals surface area contributed by atoms with Crippen LogP contribution < -0.4 is 5.32 Å². The van der Waals surface area contributed by atoms with E-state index in [0.29, 0.717) is 5.54 Å². The summed E-state index contributed by atoms with van der Waals surface area (Å²) in [7, 11) is 0. The third kappa shape index (κ3) is 3.31. The Kier molecular flexibility index (Phi) is 4.11. The number of nitrogens with one attached hydrogen (secondary N) is 1. The summed E-state index contributed by atoms with van der Waals surface area (Å²) in [6.45, 7) is 4.55. The van der Waals surface area contributed by atoms with E-state index >= 15 is 0 Å². The number of piperazine rings is 1. The zero-order valence-electron chi connectivity index (χ0n) is 11.5. The molecule has 1 aliphatic heterocycles. The maximum atomic E-state index is 5.95. The van der Waals surface area contributed by atoms with E-state index in [2.05, 4.69) is 22.3 Å². The molecule has 1 saturated heterocycles. The van der Waals surface area contributed by atoms with Crippen molar-refractivity contribution in [3.63, 3.8) is 0 Å². The molecule has 0 amide bonds. The van der Waals surface area contributed by atoms with Crippen LogP contribution in [-0.2, 0) is 6.54 Å². The summed E-state index contributed by atoms with van der Waals surface area (Å²) < 4.78 is 0. The summed E-state index contributed by atoms with van der Waals surface area (Å²) in [5.74, 6) is 0. The van der Waals surface area contributed by atoms with Crippen LogP contribution in [0.1, 0.15) is 37.7 Å². The number of benzene rings is 1. The number of rotatable bonds is 2. The number of nitrogens with zero attached hydrogens (tertiary/aromatic N) is 1. The fraction of sp³-hybridized carbons (Fsp3) is 0.625. The van der Waals surface area contributed by atoms with Crippen LogP contribution in [0.3, 0.4) is 0 Å². The molecule has 19 heavy (non-hydrogen) atoms. The van der Waals surface area contributed by atoms with Crippen molar-refractivity contribution < 1.29 is 0 Å². The molecule has 1 heterocycles. The van der Waals surface area contributed by atoms with E-state index in [0.717, 1.165) is 24.7 Å². The Labute approximate surface area is 121 Å². The molecule has 1 aromatic rings. The summed E-state index contributed by atoms with van der Waals surface area (Å²) in [5, 5.41) is 4.62. The average molecular weight is 279 g/mol. The van der Waals surface area contributed by atoms with Gasteiger partial charge in [0.15, 0.2) is 0 Å². The van der Waals surface area contributed by atoms with Crippen molar-refractivity contribution in [2.45, 2.75) is 44.2 Å². The second-order valence-electron chi connectivity index (χ2n) is 6.10. The molecule has 0 atom stereocenters. The van der Waals surface area contributed by atoms with Crippen molar-refractivity contribution in [1.29, 1.82) is 0 Å². The first-order chi connectivity index (χ1) is 9.26. The minimum Gasteiger partial charge on any atom is -0.309 e. The summed E-state index contributed by atoms with van der Waals surface area (Å²) in [6, 6.07) is 8.29. The van der Waals surface area contributed by atoms with Gasteiger partial charge in [0.25, 0.3) is 0 Å². The van der Waals surface area contributed by atoms with Gasteiger partial charge in [0.05, 0.1) is 0 Å². The standard InChI is InChI=1S/C16H23ClN2/c17-15-6-4-14(5-7-15)12-19-11-10-18-16(13-19)8-2-1-3-9-16/h4-7,18H,1-3,8-13H2. The summed E-state index contributed by atoms with van der Waals surface area (Å²) in [6.07, 6.45) is 6.90. The zero-order valence-corrected chi connectivity index (χ0v) is 12.3. The third-order valence-corrected chi connectivity index (χ3v) is 4.84. The van der Waals surface area contributed by atoms with E-state index in [1.165, 1.54) is 44.2 Å². The fourth-order valence-corrected chi connectivity index (χ4v) is 3.71. The van der Waals surface area contributed by atoms with Crippen LogP contribution >= 0.6 is 11.6 Å². The van der Waals surface area contributed by atoms with E-state index in [4.69, 9.17) is 11.6 Å². The SMILES string of the molecule is Clc1ccc(CN2CCNC3(CCCCC3)C2)cc1. The van der Waals surface area contributed by atoms with Gasteiger partial charge in [-0.2, -0.15) is 0 Å². The van der Waals surface area contributed by atoms with E-state index < -0.39 is 0 Å². The zero-order chi connectivity index (χ0) is 13.1. The minimum atomic E-state index is 0.406. The quantitative estimate of drug-likeness (QED) is 0.891. The van der Waals surface area contributed by atoms with Gasteiger partial charge in [-0.15, -0.1) is 0 Å². The molecule has 0 radical (unpaired) electrons. The fourth-order valence-electron chi connectivity index (χ4n) is 3.59. The normalized spacial score (nSPS) is 23.6. The monoisotopic (exact) mass is 278 g/mol. The van der Waals surface area contributed by atoms with E-state index in [1.54, 1.807) is 0 Å². The first-order valence-electron chi connectivity index (χ1n) is 7.48. The minimum absolute atomic E-state index is 0.406. The molecular formula is C16H23ClN2. The maximum Gasteiger partial charge on any atom is 0.0406 e. The van der Waals surface area contributed by atoms with Crippen LogP contribution in [0.5, 0.6) is 0 Å². The molecule has 0 unspecified atom stereocenters. The van der Waals surface area contributed by atoms with Gasteiger partial charge in [0.1, 0.15) is 0 Å². The topological polar surface area (TPSA) is 15.3 Å². The summed E-state index contributed by atoms with van der Waals surface area (Å²) >= 11 is 5.95. The van der Waals surface area contributed by atoms with Gasteiger partial charge in [-0.05, 0) is 30.5 Å². The predicted octanol–water partition coefficient (Wildman–Crippen LogP) is 3.45. The van der Waals surface area contributed by atoms with Crippen molar-refractivity contribution in [3.8, 4) is 0 Å². The molecule has 2 fully saturated rings. The molecule has 2 aliphatic rings. The van der Waals surface area contributed by atoms with Gasteiger partial charge in [0, 0.05) is 36.7 Å². The Morgan fingerprint density at radius 3 is 2.58 bits per heavy atom. The van der Waals surface area contributed by atoms with Crippen molar-refractivity contribution in [2.75, 3.05) is 19.6 Å². The van der Waals surface area contributed by atoms with Crippen LogP contribution in [0.4, 0.5) is 0 Å².